The lowest BCUT2D eigenvalue weighted by atomic mass is 10.1. The highest BCUT2D eigenvalue weighted by atomic mass is 79.9. The van der Waals surface area contributed by atoms with Gasteiger partial charge in [-0.2, -0.15) is 0 Å². The number of ether oxygens (including phenoxy) is 1. The fourth-order valence-electron chi connectivity index (χ4n) is 2.09. The van der Waals surface area contributed by atoms with Crippen LogP contribution < -0.4 is 10.1 Å². The second-order valence-corrected chi connectivity index (χ2v) is 6.62. The topological polar surface area (TPSA) is 21.3 Å². The van der Waals surface area contributed by atoms with Gasteiger partial charge in [0.25, 0.3) is 0 Å². The first-order valence-electron chi connectivity index (χ1n) is 7.10. The lowest BCUT2D eigenvalue weighted by Crippen LogP contribution is -2.15. The molecule has 0 spiro atoms. The first-order valence-corrected chi connectivity index (χ1v) is 8.27. The minimum Gasteiger partial charge on any atom is -0.489 e. The summed E-state index contributed by atoms with van der Waals surface area (Å²) in [5.74, 6) is 0.786. The summed E-state index contributed by atoms with van der Waals surface area (Å²) in [7, 11) is 0. The molecule has 0 aromatic heterocycles. The Morgan fingerprint density at radius 2 is 2.05 bits per heavy atom. The molecule has 0 radical (unpaired) electrons. The van der Waals surface area contributed by atoms with Crippen molar-refractivity contribution in [3.63, 3.8) is 0 Å². The molecule has 0 atom stereocenters. The lowest BCUT2D eigenvalue weighted by molar-refractivity contribution is 0.305. The molecule has 1 aliphatic carbocycles. The number of benzene rings is 2. The number of hydrogen-bond donors (Lipinski definition) is 1. The molecule has 110 valence electrons. The van der Waals surface area contributed by atoms with Gasteiger partial charge in [0.2, 0.25) is 0 Å². The Bertz CT molecular complexity index is 628. The number of nitrogens with one attached hydrogen (secondary N) is 1. The SMILES string of the molecule is Clc1cccc(OCc2ccc(CNC3CC3)cc2Br)c1. The Balaban J connectivity index is 1.59. The van der Waals surface area contributed by atoms with Crippen LogP contribution in [0.25, 0.3) is 0 Å². The second-order valence-electron chi connectivity index (χ2n) is 5.33. The summed E-state index contributed by atoms with van der Waals surface area (Å²) in [4.78, 5) is 0. The average molecular weight is 367 g/mol. The molecule has 2 aromatic carbocycles. The van der Waals surface area contributed by atoms with Crippen molar-refractivity contribution in [2.75, 3.05) is 0 Å². The van der Waals surface area contributed by atoms with Crippen LogP contribution in [0.15, 0.2) is 46.9 Å². The summed E-state index contributed by atoms with van der Waals surface area (Å²) >= 11 is 9.57. The fraction of sp³-hybridized carbons (Fsp3) is 0.294. The summed E-state index contributed by atoms with van der Waals surface area (Å²) in [6, 6.07) is 14.6. The molecule has 0 aliphatic heterocycles. The van der Waals surface area contributed by atoms with Gasteiger partial charge in [-0.3, -0.25) is 0 Å². The quantitative estimate of drug-likeness (QED) is 0.782. The molecule has 2 aromatic rings. The summed E-state index contributed by atoms with van der Waals surface area (Å²) in [6.45, 7) is 1.45. The van der Waals surface area contributed by atoms with Gasteiger partial charge in [0, 0.05) is 27.6 Å². The minimum atomic E-state index is 0.525. The number of rotatable bonds is 6. The van der Waals surface area contributed by atoms with E-state index >= 15 is 0 Å². The predicted octanol–water partition coefficient (Wildman–Crippen LogP) is 4.93. The van der Waals surface area contributed by atoms with Gasteiger partial charge in [0.15, 0.2) is 0 Å². The van der Waals surface area contributed by atoms with Crippen LogP contribution in [-0.2, 0) is 13.2 Å². The van der Waals surface area contributed by atoms with Gasteiger partial charge in [-0.05, 0) is 42.7 Å². The standard InChI is InChI=1S/C17H17BrClNO/c18-17-8-12(10-20-15-6-7-15)4-5-13(17)11-21-16-3-1-2-14(19)9-16/h1-5,8-9,15,20H,6-7,10-11H2. The molecule has 1 saturated carbocycles. The van der Waals surface area contributed by atoms with Gasteiger partial charge >= 0.3 is 0 Å². The van der Waals surface area contributed by atoms with Crippen LogP contribution in [-0.4, -0.2) is 6.04 Å². The zero-order valence-electron chi connectivity index (χ0n) is 11.6. The maximum Gasteiger partial charge on any atom is 0.121 e. The molecular formula is C17H17BrClNO. The molecule has 4 heteroatoms. The van der Waals surface area contributed by atoms with Crippen LogP contribution >= 0.6 is 27.5 Å². The molecule has 3 rings (SSSR count). The zero-order chi connectivity index (χ0) is 14.7. The maximum absolute atomic E-state index is 5.95. The Morgan fingerprint density at radius 1 is 1.19 bits per heavy atom. The van der Waals surface area contributed by atoms with Gasteiger partial charge in [0.05, 0.1) is 0 Å². The molecule has 0 saturated heterocycles. The van der Waals surface area contributed by atoms with E-state index in [2.05, 4.69) is 39.4 Å². The van der Waals surface area contributed by atoms with Crippen LogP contribution in [0.4, 0.5) is 0 Å². The van der Waals surface area contributed by atoms with Crippen molar-refractivity contribution in [1.29, 1.82) is 0 Å². The van der Waals surface area contributed by atoms with Gasteiger partial charge in [-0.15, -0.1) is 0 Å². The molecule has 0 unspecified atom stereocenters. The van der Waals surface area contributed by atoms with Crippen molar-refractivity contribution >= 4 is 27.5 Å². The van der Waals surface area contributed by atoms with Crippen molar-refractivity contribution in [2.24, 2.45) is 0 Å². The first kappa shape index (κ1) is 14.9. The Kier molecular flexibility index (Phi) is 4.84. The second kappa shape index (κ2) is 6.82. The van der Waals surface area contributed by atoms with Crippen molar-refractivity contribution < 1.29 is 4.74 Å². The van der Waals surface area contributed by atoms with Gasteiger partial charge in [-0.1, -0.05) is 45.7 Å². The fourth-order valence-corrected chi connectivity index (χ4v) is 2.81. The summed E-state index contributed by atoms with van der Waals surface area (Å²) in [6.07, 6.45) is 2.62. The van der Waals surface area contributed by atoms with E-state index in [1.165, 1.54) is 18.4 Å². The van der Waals surface area contributed by atoms with Crippen molar-refractivity contribution in [2.45, 2.75) is 32.0 Å². The molecule has 1 fully saturated rings. The predicted molar refractivity (Wildman–Crippen MR) is 89.8 cm³/mol. The maximum atomic E-state index is 5.95. The third-order valence-corrected chi connectivity index (χ3v) is 4.45. The molecule has 21 heavy (non-hydrogen) atoms. The molecule has 0 amide bonds. The summed E-state index contributed by atoms with van der Waals surface area (Å²) < 4.78 is 6.85. The smallest absolute Gasteiger partial charge is 0.121 e. The Morgan fingerprint density at radius 3 is 2.76 bits per heavy atom. The van der Waals surface area contributed by atoms with E-state index in [0.29, 0.717) is 11.6 Å². The van der Waals surface area contributed by atoms with E-state index in [4.69, 9.17) is 16.3 Å². The van der Waals surface area contributed by atoms with Crippen molar-refractivity contribution in [1.82, 2.24) is 5.32 Å². The monoisotopic (exact) mass is 365 g/mol. The van der Waals surface area contributed by atoms with E-state index in [9.17, 15) is 0 Å². The average Bonchev–Trinajstić information content (AvgIpc) is 3.28. The highest BCUT2D eigenvalue weighted by molar-refractivity contribution is 9.10. The Hall–Kier alpha value is -1.03. The normalized spacial score (nSPS) is 14.2. The van der Waals surface area contributed by atoms with Gasteiger partial charge in [-0.25, -0.2) is 0 Å². The molecule has 0 bridgehead atoms. The molecule has 0 heterocycles. The van der Waals surface area contributed by atoms with Crippen LogP contribution in [0.1, 0.15) is 24.0 Å². The molecular weight excluding hydrogens is 350 g/mol. The number of halogens is 2. The highest BCUT2D eigenvalue weighted by Gasteiger charge is 2.19. The third-order valence-electron chi connectivity index (χ3n) is 3.48. The van der Waals surface area contributed by atoms with E-state index in [0.717, 1.165) is 28.4 Å². The minimum absolute atomic E-state index is 0.525. The first-order chi connectivity index (χ1) is 10.2. The van der Waals surface area contributed by atoms with E-state index < -0.39 is 0 Å². The van der Waals surface area contributed by atoms with E-state index in [1.807, 2.05) is 24.3 Å². The lowest BCUT2D eigenvalue weighted by Gasteiger charge is -2.10. The van der Waals surface area contributed by atoms with Crippen molar-refractivity contribution in [3.8, 4) is 5.75 Å². The number of hydrogen-bond acceptors (Lipinski definition) is 2. The van der Waals surface area contributed by atoms with Crippen molar-refractivity contribution in [3.05, 3.63) is 63.1 Å². The van der Waals surface area contributed by atoms with Crippen LogP contribution in [0.3, 0.4) is 0 Å². The van der Waals surface area contributed by atoms with Gasteiger partial charge in [0.1, 0.15) is 12.4 Å². The Labute approximate surface area is 138 Å². The highest BCUT2D eigenvalue weighted by Crippen LogP contribution is 2.24. The summed E-state index contributed by atoms with van der Waals surface area (Å²) in [5.41, 5.74) is 2.42. The molecule has 1 N–H and O–H groups in total. The van der Waals surface area contributed by atoms with Gasteiger partial charge < -0.3 is 10.1 Å². The van der Waals surface area contributed by atoms with Crippen LogP contribution in [0, 0.1) is 0 Å². The zero-order valence-corrected chi connectivity index (χ0v) is 14.0. The van der Waals surface area contributed by atoms with E-state index in [-0.39, 0.29) is 0 Å². The largest absolute Gasteiger partial charge is 0.489 e. The molecule has 2 nitrogen and oxygen atoms in total. The van der Waals surface area contributed by atoms with E-state index in [1.54, 1.807) is 0 Å². The van der Waals surface area contributed by atoms with Crippen LogP contribution in [0.5, 0.6) is 5.75 Å². The summed E-state index contributed by atoms with van der Waals surface area (Å²) in [5, 5.41) is 4.20. The molecule has 1 aliphatic rings. The third kappa shape index (κ3) is 4.47. The van der Waals surface area contributed by atoms with Crippen LogP contribution in [0.2, 0.25) is 5.02 Å².